The molecule has 2 aromatic heterocycles. The van der Waals surface area contributed by atoms with E-state index in [0.29, 0.717) is 11.3 Å². The normalized spacial score (nSPS) is 10.6. The number of carbonyl (C=O) groups is 2. The molecule has 0 fully saturated rings. The summed E-state index contributed by atoms with van der Waals surface area (Å²) in [6.07, 6.45) is 0.0128. The lowest BCUT2D eigenvalue weighted by Gasteiger charge is -2.09. The summed E-state index contributed by atoms with van der Waals surface area (Å²) >= 11 is 1.52. The highest BCUT2D eigenvalue weighted by molar-refractivity contribution is 7.13. The van der Waals surface area contributed by atoms with E-state index < -0.39 is 11.8 Å². The SMILES string of the molecule is O=C(Cc1ccc(F)cc1)NNC(=O)c1cc(-c2cccs2)nn1-c1ccccc1. The number of aromatic nitrogens is 2. The Bertz CT molecular complexity index is 1160. The van der Waals surface area contributed by atoms with Crippen molar-refractivity contribution < 1.29 is 14.0 Å². The molecule has 0 atom stereocenters. The lowest BCUT2D eigenvalue weighted by Crippen LogP contribution is -2.43. The number of nitrogens with one attached hydrogen (secondary N) is 2. The van der Waals surface area contributed by atoms with Gasteiger partial charge in [-0.1, -0.05) is 36.4 Å². The second-order valence-corrected chi connectivity index (χ2v) is 7.39. The van der Waals surface area contributed by atoms with E-state index in [1.165, 1.54) is 40.3 Å². The van der Waals surface area contributed by atoms with Crippen molar-refractivity contribution in [3.8, 4) is 16.3 Å². The maximum Gasteiger partial charge on any atom is 0.288 e. The molecule has 0 radical (unpaired) electrons. The number of halogens is 1. The van der Waals surface area contributed by atoms with E-state index in [9.17, 15) is 14.0 Å². The van der Waals surface area contributed by atoms with Gasteiger partial charge in [0.2, 0.25) is 5.91 Å². The van der Waals surface area contributed by atoms with Crippen molar-refractivity contribution in [3.63, 3.8) is 0 Å². The van der Waals surface area contributed by atoms with Gasteiger partial charge < -0.3 is 0 Å². The molecule has 6 nitrogen and oxygen atoms in total. The van der Waals surface area contributed by atoms with Crippen molar-refractivity contribution >= 4 is 23.2 Å². The molecule has 0 saturated heterocycles. The Morgan fingerprint density at radius 3 is 2.43 bits per heavy atom. The molecule has 0 aliphatic carbocycles. The van der Waals surface area contributed by atoms with Gasteiger partial charge in [0.05, 0.1) is 17.0 Å². The van der Waals surface area contributed by atoms with Gasteiger partial charge in [-0.15, -0.1) is 11.3 Å². The van der Waals surface area contributed by atoms with Crippen molar-refractivity contribution in [2.45, 2.75) is 6.42 Å². The minimum absolute atomic E-state index is 0.0128. The van der Waals surface area contributed by atoms with Gasteiger partial charge >= 0.3 is 0 Å². The molecule has 150 valence electrons. The smallest absolute Gasteiger partial charge is 0.273 e. The summed E-state index contributed by atoms with van der Waals surface area (Å²) in [4.78, 5) is 25.9. The number of para-hydroxylation sites is 1. The fourth-order valence-corrected chi connectivity index (χ4v) is 3.56. The lowest BCUT2D eigenvalue weighted by atomic mass is 10.1. The van der Waals surface area contributed by atoms with Crippen molar-refractivity contribution in [2.75, 3.05) is 0 Å². The first-order chi connectivity index (χ1) is 14.6. The van der Waals surface area contributed by atoms with E-state index in [4.69, 9.17) is 0 Å². The first kappa shape index (κ1) is 19.5. The average Bonchev–Trinajstić information content (AvgIpc) is 3.44. The molecule has 0 spiro atoms. The topological polar surface area (TPSA) is 76.0 Å². The van der Waals surface area contributed by atoms with Crippen LogP contribution in [0.25, 0.3) is 16.3 Å². The van der Waals surface area contributed by atoms with Crippen LogP contribution in [-0.2, 0) is 11.2 Å². The fraction of sp³-hybridized carbons (Fsp3) is 0.0455. The van der Waals surface area contributed by atoms with Crippen LogP contribution in [-0.4, -0.2) is 21.6 Å². The van der Waals surface area contributed by atoms with Gasteiger partial charge in [-0.2, -0.15) is 5.10 Å². The van der Waals surface area contributed by atoms with Gasteiger partial charge in [-0.05, 0) is 47.3 Å². The van der Waals surface area contributed by atoms with E-state index in [-0.39, 0.29) is 17.9 Å². The summed E-state index contributed by atoms with van der Waals surface area (Å²) in [7, 11) is 0. The molecule has 2 amide bonds. The fourth-order valence-electron chi connectivity index (χ4n) is 2.88. The number of benzene rings is 2. The Balaban J connectivity index is 1.51. The summed E-state index contributed by atoms with van der Waals surface area (Å²) in [5.74, 6) is -1.29. The molecular formula is C22H17FN4O2S. The molecule has 8 heteroatoms. The number of carbonyl (C=O) groups excluding carboxylic acids is 2. The number of hydrogen-bond donors (Lipinski definition) is 2. The number of amides is 2. The largest absolute Gasteiger partial charge is 0.288 e. The van der Waals surface area contributed by atoms with Crippen molar-refractivity contribution in [3.05, 3.63) is 95.3 Å². The zero-order chi connectivity index (χ0) is 20.9. The Morgan fingerprint density at radius 1 is 0.967 bits per heavy atom. The molecule has 0 aliphatic heterocycles. The van der Waals surface area contributed by atoms with Gasteiger partial charge in [-0.25, -0.2) is 9.07 Å². The highest BCUT2D eigenvalue weighted by Crippen LogP contribution is 2.25. The highest BCUT2D eigenvalue weighted by Gasteiger charge is 2.18. The van der Waals surface area contributed by atoms with E-state index in [1.807, 2.05) is 47.8 Å². The summed E-state index contributed by atoms with van der Waals surface area (Å²) in [6.45, 7) is 0. The molecule has 0 bridgehead atoms. The maximum atomic E-state index is 13.0. The Hall–Kier alpha value is -3.78. The van der Waals surface area contributed by atoms with Crippen LogP contribution >= 0.6 is 11.3 Å². The van der Waals surface area contributed by atoms with Crippen LogP contribution in [0, 0.1) is 5.82 Å². The molecule has 0 saturated carbocycles. The predicted octanol–water partition coefficient (Wildman–Crippen LogP) is 3.74. The van der Waals surface area contributed by atoms with Crippen LogP contribution in [0.15, 0.2) is 78.2 Å². The third-order valence-corrected chi connectivity index (χ3v) is 5.20. The molecular weight excluding hydrogens is 403 g/mol. The van der Waals surface area contributed by atoms with Crippen molar-refractivity contribution in [1.82, 2.24) is 20.6 Å². The van der Waals surface area contributed by atoms with Gasteiger partial charge in [0.25, 0.3) is 5.91 Å². The second kappa shape index (κ2) is 8.71. The van der Waals surface area contributed by atoms with E-state index in [2.05, 4.69) is 16.0 Å². The molecule has 0 unspecified atom stereocenters. The number of hydrazine groups is 1. The van der Waals surface area contributed by atoms with Crippen LogP contribution in [0.5, 0.6) is 0 Å². The zero-order valence-corrected chi connectivity index (χ0v) is 16.5. The quantitative estimate of drug-likeness (QED) is 0.483. The Morgan fingerprint density at radius 2 is 1.73 bits per heavy atom. The number of thiophene rings is 1. The van der Waals surface area contributed by atoms with Gasteiger partial charge in [0.15, 0.2) is 0 Å². The summed E-state index contributed by atoms with van der Waals surface area (Å²) in [5.41, 5.74) is 7.13. The molecule has 0 aliphatic rings. The van der Waals surface area contributed by atoms with E-state index >= 15 is 0 Å². The van der Waals surface area contributed by atoms with Crippen LogP contribution in [0.1, 0.15) is 16.1 Å². The van der Waals surface area contributed by atoms with Crippen LogP contribution < -0.4 is 10.9 Å². The summed E-state index contributed by atoms with van der Waals surface area (Å²) in [5, 5.41) is 6.50. The molecule has 4 rings (SSSR count). The van der Waals surface area contributed by atoms with Gasteiger partial charge in [0.1, 0.15) is 17.2 Å². The number of rotatable bonds is 5. The zero-order valence-electron chi connectivity index (χ0n) is 15.7. The minimum Gasteiger partial charge on any atom is -0.273 e. The monoisotopic (exact) mass is 420 g/mol. The van der Waals surface area contributed by atoms with Crippen LogP contribution in [0.3, 0.4) is 0 Å². The van der Waals surface area contributed by atoms with Gasteiger partial charge in [-0.3, -0.25) is 20.4 Å². The second-order valence-electron chi connectivity index (χ2n) is 6.45. The van der Waals surface area contributed by atoms with E-state index in [1.54, 1.807) is 6.07 Å². The predicted molar refractivity (Wildman–Crippen MR) is 113 cm³/mol. The molecule has 30 heavy (non-hydrogen) atoms. The Labute approximate surface area is 176 Å². The van der Waals surface area contributed by atoms with E-state index in [0.717, 1.165) is 10.6 Å². The standard InChI is InChI=1S/C22H17FN4O2S/c23-16-10-8-15(9-11-16)13-21(28)24-25-22(29)19-14-18(20-7-4-12-30-20)26-27(19)17-5-2-1-3-6-17/h1-12,14H,13H2,(H,24,28)(H,25,29). The highest BCUT2D eigenvalue weighted by atomic mass is 32.1. The average molecular weight is 420 g/mol. The third-order valence-electron chi connectivity index (χ3n) is 4.31. The third kappa shape index (κ3) is 4.44. The van der Waals surface area contributed by atoms with Gasteiger partial charge in [0, 0.05) is 0 Å². The lowest BCUT2D eigenvalue weighted by molar-refractivity contribution is -0.121. The Kier molecular flexibility index (Phi) is 5.67. The molecule has 2 N–H and O–H groups in total. The van der Waals surface area contributed by atoms with Crippen molar-refractivity contribution in [1.29, 1.82) is 0 Å². The molecule has 4 aromatic rings. The van der Waals surface area contributed by atoms with Crippen molar-refractivity contribution in [2.24, 2.45) is 0 Å². The number of nitrogens with zero attached hydrogens (tertiary/aromatic N) is 2. The number of hydrogen-bond acceptors (Lipinski definition) is 4. The van der Waals surface area contributed by atoms with Crippen LogP contribution in [0.4, 0.5) is 4.39 Å². The first-order valence-electron chi connectivity index (χ1n) is 9.13. The minimum atomic E-state index is -0.499. The van der Waals surface area contributed by atoms with Crippen LogP contribution in [0.2, 0.25) is 0 Å². The summed E-state index contributed by atoms with van der Waals surface area (Å²) in [6, 6.07) is 20.4. The first-order valence-corrected chi connectivity index (χ1v) is 10.0. The maximum absolute atomic E-state index is 13.0. The summed E-state index contributed by atoms with van der Waals surface area (Å²) < 4.78 is 14.5. The molecule has 2 heterocycles. The molecule has 2 aromatic carbocycles.